The predicted molar refractivity (Wildman–Crippen MR) is 92.5 cm³/mol. The first-order valence-corrected chi connectivity index (χ1v) is 9.51. The molecule has 1 aliphatic heterocycles. The number of carbonyl (C=O) groups excluding carboxylic acids is 1. The van der Waals surface area contributed by atoms with Crippen molar-refractivity contribution in [1.82, 2.24) is 9.21 Å². The summed E-state index contributed by atoms with van der Waals surface area (Å²) in [6.07, 6.45) is 0. The fourth-order valence-corrected chi connectivity index (χ4v) is 4.34. The van der Waals surface area contributed by atoms with Crippen LogP contribution in [0.5, 0.6) is 0 Å². The molecular formula is C17H16ClFN2O3S. The molecule has 0 spiro atoms. The average Bonchev–Trinajstić information content (AvgIpc) is 2.61. The van der Waals surface area contributed by atoms with Gasteiger partial charge in [-0.1, -0.05) is 29.8 Å². The van der Waals surface area contributed by atoms with E-state index in [1.54, 1.807) is 29.2 Å². The van der Waals surface area contributed by atoms with E-state index in [2.05, 4.69) is 0 Å². The number of amides is 1. The first kappa shape index (κ1) is 17.8. The summed E-state index contributed by atoms with van der Waals surface area (Å²) in [5.74, 6) is -1.02. The van der Waals surface area contributed by atoms with Crippen LogP contribution in [0, 0.1) is 5.82 Å². The van der Waals surface area contributed by atoms with Gasteiger partial charge in [-0.2, -0.15) is 4.31 Å². The van der Waals surface area contributed by atoms with Gasteiger partial charge in [0.2, 0.25) is 10.0 Å². The highest BCUT2D eigenvalue weighted by Crippen LogP contribution is 2.23. The lowest BCUT2D eigenvalue weighted by Crippen LogP contribution is -2.50. The fraction of sp³-hybridized carbons (Fsp3) is 0.235. The van der Waals surface area contributed by atoms with E-state index in [1.165, 1.54) is 10.4 Å². The van der Waals surface area contributed by atoms with Crippen molar-refractivity contribution in [2.24, 2.45) is 0 Å². The van der Waals surface area contributed by atoms with Crippen molar-refractivity contribution >= 4 is 27.5 Å². The number of rotatable bonds is 3. The van der Waals surface area contributed by atoms with Crippen molar-refractivity contribution < 1.29 is 17.6 Å². The molecule has 0 saturated carbocycles. The smallest absolute Gasteiger partial charge is 0.253 e. The van der Waals surface area contributed by atoms with E-state index in [0.29, 0.717) is 5.56 Å². The molecule has 25 heavy (non-hydrogen) atoms. The van der Waals surface area contributed by atoms with Gasteiger partial charge < -0.3 is 4.90 Å². The van der Waals surface area contributed by atoms with E-state index in [-0.39, 0.29) is 37.1 Å². The molecule has 0 unspecified atom stereocenters. The Morgan fingerprint density at radius 1 is 1.00 bits per heavy atom. The summed E-state index contributed by atoms with van der Waals surface area (Å²) >= 11 is 5.67. The van der Waals surface area contributed by atoms with Gasteiger partial charge in [-0.25, -0.2) is 12.8 Å². The molecule has 3 rings (SSSR count). The minimum Gasteiger partial charge on any atom is -0.336 e. The Morgan fingerprint density at radius 2 is 1.64 bits per heavy atom. The molecule has 1 heterocycles. The van der Waals surface area contributed by atoms with Crippen molar-refractivity contribution in [3.05, 3.63) is 64.9 Å². The second-order valence-corrected chi connectivity index (χ2v) is 7.98. The molecule has 1 amide bonds. The van der Waals surface area contributed by atoms with Crippen LogP contribution in [0.1, 0.15) is 10.4 Å². The van der Waals surface area contributed by atoms with E-state index in [1.807, 2.05) is 6.07 Å². The molecule has 0 bridgehead atoms. The van der Waals surface area contributed by atoms with Gasteiger partial charge in [0.15, 0.2) is 0 Å². The van der Waals surface area contributed by atoms with Crippen LogP contribution in [0.3, 0.4) is 0 Å². The normalized spacial score (nSPS) is 16.0. The van der Waals surface area contributed by atoms with Crippen LogP contribution in [0.25, 0.3) is 0 Å². The molecule has 0 aliphatic carbocycles. The molecule has 0 atom stereocenters. The quantitative estimate of drug-likeness (QED) is 0.820. The van der Waals surface area contributed by atoms with Gasteiger partial charge in [0.1, 0.15) is 10.7 Å². The molecule has 8 heteroatoms. The van der Waals surface area contributed by atoms with Gasteiger partial charge in [0, 0.05) is 36.8 Å². The third kappa shape index (κ3) is 3.68. The van der Waals surface area contributed by atoms with Gasteiger partial charge in [-0.15, -0.1) is 0 Å². The predicted octanol–water partition coefficient (Wildman–Crippen LogP) is 2.63. The Kier molecular flexibility index (Phi) is 5.08. The van der Waals surface area contributed by atoms with Crippen LogP contribution >= 0.6 is 11.6 Å². The van der Waals surface area contributed by atoms with E-state index in [0.717, 1.165) is 12.1 Å². The number of benzene rings is 2. The molecular weight excluding hydrogens is 367 g/mol. The lowest BCUT2D eigenvalue weighted by molar-refractivity contribution is 0.0697. The molecule has 5 nitrogen and oxygen atoms in total. The zero-order chi connectivity index (χ0) is 18.0. The monoisotopic (exact) mass is 382 g/mol. The summed E-state index contributed by atoms with van der Waals surface area (Å²) in [5, 5.41) is 0.134. The second kappa shape index (κ2) is 7.11. The van der Waals surface area contributed by atoms with Crippen LogP contribution in [-0.4, -0.2) is 49.7 Å². The topological polar surface area (TPSA) is 57.7 Å². The third-order valence-electron chi connectivity index (χ3n) is 4.06. The summed E-state index contributed by atoms with van der Waals surface area (Å²) in [4.78, 5) is 13.6. The van der Waals surface area contributed by atoms with Crippen LogP contribution in [0.15, 0.2) is 53.4 Å². The summed E-state index contributed by atoms with van der Waals surface area (Å²) < 4.78 is 40.4. The fourth-order valence-electron chi connectivity index (χ4n) is 2.72. The van der Waals surface area contributed by atoms with E-state index in [4.69, 9.17) is 11.6 Å². The number of carbonyl (C=O) groups is 1. The second-order valence-electron chi connectivity index (χ2n) is 5.64. The minimum atomic E-state index is -3.96. The number of hydrogen-bond donors (Lipinski definition) is 0. The Bertz CT molecular complexity index is 882. The highest BCUT2D eigenvalue weighted by Gasteiger charge is 2.32. The van der Waals surface area contributed by atoms with Gasteiger partial charge in [-0.3, -0.25) is 4.79 Å². The van der Waals surface area contributed by atoms with Crippen molar-refractivity contribution in [1.29, 1.82) is 0 Å². The molecule has 2 aromatic carbocycles. The number of piperazine rings is 1. The van der Waals surface area contributed by atoms with E-state index < -0.39 is 20.7 Å². The molecule has 2 aromatic rings. The Morgan fingerprint density at radius 3 is 2.24 bits per heavy atom. The standard InChI is InChI=1S/C17H16ClFN2O3S/c18-14-6-7-16(15(19)12-14)25(23,24)21-10-8-20(9-11-21)17(22)13-4-2-1-3-5-13/h1-7,12H,8-11H2. The first-order valence-electron chi connectivity index (χ1n) is 7.69. The van der Waals surface area contributed by atoms with Crippen LogP contribution in [0.2, 0.25) is 5.02 Å². The van der Waals surface area contributed by atoms with E-state index in [9.17, 15) is 17.6 Å². The summed E-state index contributed by atoms with van der Waals surface area (Å²) in [6.45, 7) is 0.732. The lowest BCUT2D eigenvalue weighted by Gasteiger charge is -2.34. The maximum absolute atomic E-state index is 14.0. The van der Waals surface area contributed by atoms with Crippen molar-refractivity contribution in [3.63, 3.8) is 0 Å². The molecule has 0 aromatic heterocycles. The lowest BCUT2D eigenvalue weighted by atomic mass is 10.2. The number of hydrogen-bond acceptors (Lipinski definition) is 3. The Balaban J connectivity index is 1.72. The molecule has 0 N–H and O–H groups in total. The maximum Gasteiger partial charge on any atom is 0.253 e. The number of sulfonamides is 1. The third-order valence-corrected chi connectivity index (χ3v) is 6.23. The van der Waals surface area contributed by atoms with Crippen molar-refractivity contribution in [2.75, 3.05) is 26.2 Å². The molecule has 132 valence electrons. The maximum atomic E-state index is 14.0. The molecule has 1 aliphatic rings. The molecule has 1 saturated heterocycles. The largest absolute Gasteiger partial charge is 0.336 e. The first-order chi connectivity index (χ1) is 11.9. The highest BCUT2D eigenvalue weighted by molar-refractivity contribution is 7.89. The molecule has 0 radical (unpaired) electrons. The van der Waals surface area contributed by atoms with Crippen LogP contribution < -0.4 is 0 Å². The van der Waals surface area contributed by atoms with Gasteiger partial charge in [-0.05, 0) is 30.3 Å². The minimum absolute atomic E-state index is 0.114. The zero-order valence-electron chi connectivity index (χ0n) is 13.2. The summed E-state index contributed by atoms with van der Waals surface area (Å²) in [5.41, 5.74) is 0.558. The van der Waals surface area contributed by atoms with Crippen molar-refractivity contribution in [2.45, 2.75) is 4.90 Å². The summed E-state index contributed by atoms with van der Waals surface area (Å²) in [6, 6.07) is 12.3. The Hall–Kier alpha value is -1.96. The SMILES string of the molecule is O=C(c1ccccc1)N1CCN(S(=O)(=O)c2ccc(Cl)cc2F)CC1. The number of halogens is 2. The Labute approximate surface area is 150 Å². The average molecular weight is 383 g/mol. The van der Waals surface area contributed by atoms with E-state index >= 15 is 0 Å². The van der Waals surface area contributed by atoms with Gasteiger partial charge in [0.05, 0.1) is 0 Å². The summed E-state index contributed by atoms with van der Waals surface area (Å²) in [7, 11) is -3.96. The van der Waals surface area contributed by atoms with Crippen LogP contribution in [-0.2, 0) is 10.0 Å². The van der Waals surface area contributed by atoms with Crippen LogP contribution in [0.4, 0.5) is 4.39 Å². The number of nitrogens with zero attached hydrogens (tertiary/aromatic N) is 2. The van der Waals surface area contributed by atoms with Gasteiger partial charge in [0.25, 0.3) is 5.91 Å². The molecule has 1 fully saturated rings. The van der Waals surface area contributed by atoms with Crippen molar-refractivity contribution in [3.8, 4) is 0 Å². The zero-order valence-corrected chi connectivity index (χ0v) is 14.8. The highest BCUT2D eigenvalue weighted by atomic mass is 35.5. The van der Waals surface area contributed by atoms with Gasteiger partial charge >= 0.3 is 0 Å².